The Bertz CT molecular complexity index is 872. The van der Waals surface area contributed by atoms with Crippen molar-refractivity contribution in [2.45, 2.75) is 31.0 Å². The van der Waals surface area contributed by atoms with E-state index in [1.807, 2.05) is 60.7 Å². The van der Waals surface area contributed by atoms with Gasteiger partial charge in [-0.05, 0) is 13.3 Å². The Morgan fingerprint density at radius 2 is 1.03 bits per heavy atom. The summed E-state index contributed by atoms with van der Waals surface area (Å²) in [5.41, 5.74) is 0. The number of hydrogen-bond donors (Lipinski definition) is 2. The minimum atomic E-state index is -5.15. The maximum atomic E-state index is 13.5. The first-order valence-corrected chi connectivity index (χ1v) is 13.9. The Kier molecular flexibility index (Phi) is 13.3. The van der Waals surface area contributed by atoms with Gasteiger partial charge in [-0.15, -0.1) is 0 Å². The molecule has 0 saturated carbocycles. The van der Waals surface area contributed by atoms with Crippen LogP contribution < -0.4 is 10.6 Å². The molecule has 1 radical (unpaired) electrons. The van der Waals surface area contributed by atoms with Crippen LogP contribution in [0, 0.1) is 49.4 Å². The van der Waals surface area contributed by atoms with Gasteiger partial charge >= 0.3 is 12.4 Å². The fourth-order valence-electron chi connectivity index (χ4n) is 2.61. The summed E-state index contributed by atoms with van der Waals surface area (Å²) in [6, 6.07) is 18.8. The first-order chi connectivity index (χ1) is 14.5. The van der Waals surface area contributed by atoms with Gasteiger partial charge in [0.05, 0.1) is 13.0 Å². The number of rotatable bonds is 6. The van der Waals surface area contributed by atoms with E-state index in [-0.39, 0.29) is 55.3 Å². The monoisotopic (exact) mass is 657 g/mol. The molecule has 0 aliphatic carbocycles. The zero-order valence-corrected chi connectivity index (χ0v) is 21.8. The van der Waals surface area contributed by atoms with Crippen LogP contribution in [0.5, 0.6) is 0 Å². The van der Waals surface area contributed by atoms with Crippen molar-refractivity contribution in [2.24, 2.45) is 0 Å². The van der Waals surface area contributed by atoms with Crippen LogP contribution in [0.4, 0.5) is 26.3 Å². The Morgan fingerprint density at radius 1 is 0.727 bits per heavy atom. The molecule has 187 valence electrons. The molecule has 33 heavy (non-hydrogen) atoms. The van der Waals surface area contributed by atoms with E-state index in [1.165, 1.54) is 0 Å². The molecule has 0 aliphatic rings. The molecule has 2 rings (SSSR count). The van der Waals surface area contributed by atoms with Gasteiger partial charge in [-0.1, -0.05) is 60.7 Å². The fraction of sp³-hybridized carbons (Fsp3) is 0.400. The quantitative estimate of drug-likeness (QED) is 0.346. The summed E-state index contributed by atoms with van der Waals surface area (Å²) in [6.45, 7) is 3.40. The molecule has 2 aromatic carbocycles. The van der Waals surface area contributed by atoms with Gasteiger partial charge in [-0.3, -0.25) is 0 Å². The van der Waals surface area contributed by atoms with Crippen molar-refractivity contribution in [3.05, 3.63) is 60.7 Å². The van der Waals surface area contributed by atoms with Crippen molar-refractivity contribution >= 4 is 24.9 Å². The second-order valence-corrected chi connectivity index (χ2v) is 14.3. The molecule has 4 nitrogen and oxygen atoms in total. The third-order valence-corrected chi connectivity index (χ3v) is 10.7. The number of alkyl halides is 6. The standard InChI is InChI=1S/C15H18O2P2.C5H6F6O2.Eu/c1-18(2,16)13-19(17,14-9-5-3-6-10-14)15-11-7-4-8-12-15;6-4(7,8)2(12)1-3(13)5(9,10)11;/h3-12H,13H2,1-2H3;2-3,12-13H,1H2;. The third-order valence-electron chi connectivity index (χ3n) is 4.09. The van der Waals surface area contributed by atoms with Gasteiger partial charge in [-0.2, -0.15) is 26.3 Å². The van der Waals surface area contributed by atoms with Gasteiger partial charge in [-0.25, -0.2) is 0 Å². The molecule has 0 aliphatic heterocycles. The zero-order valence-electron chi connectivity index (χ0n) is 17.6. The fourth-order valence-corrected chi connectivity index (χ4v) is 9.36. The molecule has 0 spiro atoms. The summed E-state index contributed by atoms with van der Waals surface area (Å²) in [6.07, 6.45) is -18.4. The van der Waals surface area contributed by atoms with E-state index in [0.717, 1.165) is 10.6 Å². The van der Waals surface area contributed by atoms with E-state index in [9.17, 15) is 35.5 Å². The largest absolute Gasteiger partial charge is 0.414 e. The number of aliphatic hydroxyl groups excluding tert-OH is 2. The van der Waals surface area contributed by atoms with Gasteiger partial charge in [0.2, 0.25) is 0 Å². The number of hydrogen-bond acceptors (Lipinski definition) is 4. The van der Waals surface area contributed by atoms with Crippen LogP contribution in [0.2, 0.25) is 0 Å². The first-order valence-electron chi connectivity index (χ1n) is 9.20. The molecule has 0 fully saturated rings. The van der Waals surface area contributed by atoms with Crippen LogP contribution in [-0.2, 0) is 9.13 Å². The predicted molar refractivity (Wildman–Crippen MR) is 113 cm³/mol. The van der Waals surface area contributed by atoms with Gasteiger partial charge in [0, 0.05) is 66.4 Å². The molecule has 2 aromatic rings. The van der Waals surface area contributed by atoms with E-state index in [4.69, 9.17) is 10.2 Å². The van der Waals surface area contributed by atoms with Crippen molar-refractivity contribution in [2.75, 3.05) is 19.2 Å². The average Bonchev–Trinajstić information content (AvgIpc) is 2.67. The van der Waals surface area contributed by atoms with E-state index >= 15 is 0 Å². The van der Waals surface area contributed by atoms with Crippen molar-refractivity contribution in [1.29, 1.82) is 0 Å². The van der Waals surface area contributed by atoms with Gasteiger partial charge in [0.1, 0.15) is 7.14 Å². The molecule has 0 saturated heterocycles. The van der Waals surface area contributed by atoms with Crippen LogP contribution in [0.15, 0.2) is 60.7 Å². The summed E-state index contributed by atoms with van der Waals surface area (Å²) in [5.74, 6) is 0.244. The average molecular weight is 656 g/mol. The van der Waals surface area contributed by atoms with Gasteiger partial charge in [0.25, 0.3) is 0 Å². The first kappa shape index (κ1) is 33.0. The van der Waals surface area contributed by atoms with Gasteiger partial charge in [0.15, 0.2) is 12.2 Å². The smallest absolute Gasteiger partial charge is 0.384 e. The van der Waals surface area contributed by atoms with Crippen LogP contribution in [0.3, 0.4) is 0 Å². The normalized spacial score (nSPS) is 14.4. The number of benzene rings is 2. The summed E-state index contributed by atoms with van der Waals surface area (Å²) in [5, 5.41) is 17.8. The summed E-state index contributed by atoms with van der Waals surface area (Å²) >= 11 is 0. The second kappa shape index (κ2) is 13.3. The minimum Gasteiger partial charge on any atom is -0.384 e. The van der Waals surface area contributed by atoms with Crippen LogP contribution >= 0.6 is 14.3 Å². The molecular formula is C20H24EuF6O4P2. The topological polar surface area (TPSA) is 74.6 Å². The zero-order chi connectivity index (χ0) is 24.8. The van der Waals surface area contributed by atoms with Crippen molar-refractivity contribution < 1.29 is 95.1 Å². The Balaban J connectivity index is 0.000000649. The van der Waals surface area contributed by atoms with Crippen molar-refractivity contribution in [3.63, 3.8) is 0 Å². The minimum absolute atomic E-state index is 0. The molecule has 0 bridgehead atoms. The van der Waals surface area contributed by atoms with Crippen LogP contribution in [-0.4, -0.2) is 54.0 Å². The predicted octanol–water partition coefficient (Wildman–Crippen LogP) is 4.80. The van der Waals surface area contributed by atoms with E-state index in [2.05, 4.69) is 0 Å². The molecule has 2 atom stereocenters. The molecule has 2 N–H and O–H groups in total. The van der Waals surface area contributed by atoms with E-state index < -0.39 is 45.3 Å². The third kappa shape index (κ3) is 11.5. The van der Waals surface area contributed by atoms with Gasteiger partial charge < -0.3 is 19.3 Å². The Hall–Kier alpha value is -0.0156. The number of aliphatic hydroxyl groups is 2. The second-order valence-electron chi connectivity index (χ2n) is 7.48. The molecule has 0 aromatic heterocycles. The molecule has 0 heterocycles. The van der Waals surface area contributed by atoms with E-state index in [0.29, 0.717) is 0 Å². The summed E-state index contributed by atoms with van der Waals surface area (Å²) in [7, 11) is -5.19. The Morgan fingerprint density at radius 3 is 1.27 bits per heavy atom. The molecule has 2 unspecified atom stereocenters. The maximum Gasteiger partial charge on any atom is 0.414 e. The number of halogens is 6. The maximum absolute atomic E-state index is 13.5. The SMILES string of the molecule is CP(C)(=O)CP(=O)(c1ccccc1)c1ccccc1.OC(CC(O)C(F)(F)F)C(F)(F)F.[Eu]. The van der Waals surface area contributed by atoms with E-state index in [1.54, 1.807) is 13.3 Å². The molecule has 13 heteroatoms. The van der Waals surface area contributed by atoms with Crippen molar-refractivity contribution in [1.82, 2.24) is 0 Å². The van der Waals surface area contributed by atoms with Crippen molar-refractivity contribution in [3.8, 4) is 0 Å². The summed E-state index contributed by atoms with van der Waals surface area (Å²) < 4.78 is 94.5. The van der Waals surface area contributed by atoms with Crippen LogP contribution in [0.1, 0.15) is 6.42 Å². The molecule has 0 amide bonds. The Labute approximate surface area is 229 Å². The summed E-state index contributed by atoms with van der Waals surface area (Å²) in [4.78, 5) is 0. The van der Waals surface area contributed by atoms with Crippen LogP contribution in [0.25, 0.3) is 0 Å². The molecular weight excluding hydrogens is 632 g/mol.